The lowest BCUT2D eigenvalue weighted by Gasteiger charge is -2.24. The summed E-state index contributed by atoms with van der Waals surface area (Å²) in [5, 5.41) is 2.68. The number of carbonyl (C=O) groups excluding carboxylic acids is 1. The molecule has 9 heteroatoms. The smallest absolute Gasteiger partial charge is 0.245 e. The Hall–Kier alpha value is -2.94. The standard InChI is InChI=1S/C19H24N2O6S/c1-5-27-16-8-6-7-14(11-16)20-19(22)13-21(28(4,23)24)17-10-9-15(25-2)12-18(17)26-3/h6-12H,5,13H2,1-4H3,(H,20,22). The van der Waals surface area contributed by atoms with Crippen LogP contribution in [-0.2, 0) is 14.8 Å². The fourth-order valence-corrected chi connectivity index (χ4v) is 3.39. The number of sulfonamides is 1. The summed E-state index contributed by atoms with van der Waals surface area (Å²) >= 11 is 0. The lowest BCUT2D eigenvalue weighted by Crippen LogP contribution is -2.37. The van der Waals surface area contributed by atoms with Crippen LogP contribution < -0.4 is 23.8 Å². The van der Waals surface area contributed by atoms with Crippen LogP contribution in [0, 0.1) is 0 Å². The van der Waals surface area contributed by atoms with Crippen LogP contribution in [-0.4, -0.2) is 48.0 Å². The average Bonchev–Trinajstić information content (AvgIpc) is 2.65. The second-order valence-electron chi connectivity index (χ2n) is 5.82. The van der Waals surface area contributed by atoms with Crippen LogP contribution in [0.25, 0.3) is 0 Å². The number of anilines is 2. The Kier molecular flexibility index (Phi) is 7.11. The van der Waals surface area contributed by atoms with Crippen molar-refractivity contribution in [3.8, 4) is 17.2 Å². The highest BCUT2D eigenvalue weighted by Crippen LogP contribution is 2.33. The molecule has 0 heterocycles. The fraction of sp³-hybridized carbons (Fsp3) is 0.316. The van der Waals surface area contributed by atoms with Gasteiger partial charge < -0.3 is 19.5 Å². The van der Waals surface area contributed by atoms with E-state index in [1.165, 1.54) is 20.3 Å². The lowest BCUT2D eigenvalue weighted by atomic mass is 10.2. The molecule has 0 bridgehead atoms. The zero-order valence-electron chi connectivity index (χ0n) is 16.3. The van der Waals surface area contributed by atoms with Gasteiger partial charge in [-0.1, -0.05) is 6.07 Å². The molecule has 28 heavy (non-hydrogen) atoms. The predicted octanol–water partition coefficient (Wildman–Crippen LogP) is 2.51. The third kappa shape index (κ3) is 5.53. The van der Waals surface area contributed by atoms with E-state index >= 15 is 0 Å². The van der Waals surface area contributed by atoms with Crippen LogP contribution in [0.4, 0.5) is 11.4 Å². The van der Waals surface area contributed by atoms with Crippen molar-refractivity contribution < 1.29 is 27.4 Å². The van der Waals surface area contributed by atoms with Gasteiger partial charge in [0.1, 0.15) is 23.8 Å². The second kappa shape index (κ2) is 9.32. The molecule has 1 N–H and O–H groups in total. The van der Waals surface area contributed by atoms with Crippen molar-refractivity contribution >= 4 is 27.3 Å². The van der Waals surface area contributed by atoms with Gasteiger partial charge in [-0.05, 0) is 31.2 Å². The van der Waals surface area contributed by atoms with Crippen LogP contribution >= 0.6 is 0 Å². The van der Waals surface area contributed by atoms with E-state index in [1.54, 1.807) is 36.4 Å². The van der Waals surface area contributed by atoms with Gasteiger partial charge in [0.2, 0.25) is 15.9 Å². The fourth-order valence-electron chi connectivity index (χ4n) is 2.53. The summed E-state index contributed by atoms with van der Waals surface area (Å²) in [6.07, 6.45) is 1.03. The summed E-state index contributed by atoms with van der Waals surface area (Å²) in [7, 11) is -0.840. The predicted molar refractivity (Wildman–Crippen MR) is 108 cm³/mol. The van der Waals surface area contributed by atoms with Crippen molar-refractivity contribution in [3.05, 3.63) is 42.5 Å². The van der Waals surface area contributed by atoms with E-state index in [4.69, 9.17) is 14.2 Å². The van der Waals surface area contributed by atoms with Gasteiger partial charge in [0.05, 0.1) is 32.8 Å². The molecule has 0 spiro atoms. The highest BCUT2D eigenvalue weighted by molar-refractivity contribution is 7.92. The summed E-state index contributed by atoms with van der Waals surface area (Å²) in [6, 6.07) is 11.5. The van der Waals surface area contributed by atoms with E-state index in [-0.39, 0.29) is 11.4 Å². The Morgan fingerprint density at radius 3 is 2.43 bits per heavy atom. The first-order chi connectivity index (χ1) is 13.3. The van der Waals surface area contributed by atoms with E-state index in [9.17, 15) is 13.2 Å². The highest BCUT2D eigenvalue weighted by Gasteiger charge is 2.24. The maximum atomic E-state index is 12.5. The highest BCUT2D eigenvalue weighted by atomic mass is 32.2. The van der Waals surface area contributed by atoms with E-state index in [0.717, 1.165) is 10.6 Å². The first-order valence-electron chi connectivity index (χ1n) is 8.51. The molecule has 0 aliphatic heterocycles. The number of rotatable bonds is 9. The van der Waals surface area contributed by atoms with Gasteiger partial charge in [-0.15, -0.1) is 0 Å². The van der Waals surface area contributed by atoms with Crippen LogP contribution in [0.2, 0.25) is 0 Å². The Bertz CT molecular complexity index is 930. The van der Waals surface area contributed by atoms with Gasteiger partial charge >= 0.3 is 0 Å². The molecule has 0 fully saturated rings. The van der Waals surface area contributed by atoms with Crippen molar-refractivity contribution in [2.24, 2.45) is 0 Å². The topological polar surface area (TPSA) is 94.2 Å². The molecule has 2 aromatic carbocycles. The van der Waals surface area contributed by atoms with Gasteiger partial charge in [0.15, 0.2) is 0 Å². The van der Waals surface area contributed by atoms with Gasteiger partial charge in [-0.25, -0.2) is 8.42 Å². The molecule has 0 atom stereocenters. The van der Waals surface area contributed by atoms with E-state index in [0.29, 0.717) is 23.8 Å². The Morgan fingerprint density at radius 1 is 1.07 bits per heavy atom. The molecular weight excluding hydrogens is 384 g/mol. The first kappa shape index (κ1) is 21.4. The third-order valence-corrected chi connectivity index (χ3v) is 4.90. The Morgan fingerprint density at radius 2 is 1.82 bits per heavy atom. The van der Waals surface area contributed by atoms with Gasteiger partial charge in [-0.3, -0.25) is 9.10 Å². The number of amides is 1. The minimum atomic E-state index is -3.75. The summed E-state index contributed by atoms with van der Waals surface area (Å²) < 4.78 is 41.4. The molecule has 1 amide bonds. The summed E-state index contributed by atoms with van der Waals surface area (Å²) in [4.78, 5) is 12.5. The van der Waals surface area contributed by atoms with Crippen LogP contribution in [0.3, 0.4) is 0 Å². The zero-order valence-corrected chi connectivity index (χ0v) is 17.1. The number of benzene rings is 2. The quantitative estimate of drug-likeness (QED) is 0.685. The maximum Gasteiger partial charge on any atom is 0.245 e. The molecule has 8 nitrogen and oxygen atoms in total. The maximum absolute atomic E-state index is 12.5. The van der Waals surface area contributed by atoms with Gasteiger partial charge in [0, 0.05) is 17.8 Å². The van der Waals surface area contributed by atoms with Crippen LogP contribution in [0.5, 0.6) is 17.2 Å². The Balaban J connectivity index is 2.26. The van der Waals surface area contributed by atoms with Crippen LogP contribution in [0.1, 0.15) is 6.92 Å². The normalized spacial score (nSPS) is 10.9. The minimum Gasteiger partial charge on any atom is -0.497 e. The molecule has 0 aromatic heterocycles. The van der Waals surface area contributed by atoms with Crippen molar-refractivity contribution in [2.45, 2.75) is 6.92 Å². The van der Waals surface area contributed by atoms with E-state index < -0.39 is 22.5 Å². The second-order valence-corrected chi connectivity index (χ2v) is 7.72. The molecule has 152 valence electrons. The molecule has 0 unspecified atom stereocenters. The number of hydrogen-bond acceptors (Lipinski definition) is 6. The summed E-state index contributed by atoms with van der Waals surface area (Å²) in [5.74, 6) is 0.885. The number of nitrogens with one attached hydrogen (secondary N) is 1. The average molecular weight is 408 g/mol. The largest absolute Gasteiger partial charge is 0.497 e. The van der Waals surface area contributed by atoms with Crippen LogP contribution in [0.15, 0.2) is 42.5 Å². The monoisotopic (exact) mass is 408 g/mol. The van der Waals surface area contributed by atoms with E-state index in [1.807, 2.05) is 6.92 Å². The van der Waals surface area contributed by atoms with Crippen molar-refractivity contribution in [1.29, 1.82) is 0 Å². The van der Waals surface area contributed by atoms with Crippen molar-refractivity contribution in [3.63, 3.8) is 0 Å². The summed E-state index contributed by atoms with van der Waals surface area (Å²) in [5.41, 5.74) is 0.745. The number of nitrogens with zero attached hydrogens (tertiary/aromatic N) is 1. The first-order valence-corrected chi connectivity index (χ1v) is 10.4. The zero-order chi connectivity index (χ0) is 20.7. The Labute approximate surface area is 165 Å². The molecule has 0 saturated carbocycles. The molecule has 0 aliphatic rings. The molecule has 0 aliphatic carbocycles. The van der Waals surface area contributed by atoms with Gasteiger partial charge in [-0.2, -0.15) is 0 Å². The van der Waals surface area contributed by atoms with E-state index in [2.05, 4.69) is 5.32 Å². The summed E-state index contributed by atoms with van der Waals surface area (Å²) in [6.45, 7) is 1.94. The molecule has 2 rings (SSSR count). The molecule has 0 saturated heterocycles. The lowest BCUT2D eigenvalue weighted by molar-refractivity contribution is -0.114. The number of methoxy groups -OCH3 is 2. The number of ether oxygens (including phenoxy) is 3. The molecule has 0 radical (unpaired) electrons. The third-order valence-electron chi connectivity index (χ3n) is 3.77. The minimum absolute atomic E-state index is 0.240. The number of hydrogen-bond donors (Lipinski definition) is 1. The van der Waals surface area contributed by atoms with Gasteiger partial charge in [0.25, 0.3) is 0 Å². The molecular formula is C19H24N2O6S. The molecule has 2 aromatic rings. The number of carbonyl (C=O) groups is 1. The van der Waals surface area contributed by atoms with Crippen molar-refractivity contribution in [2.75, 3.05) is 43.2 Å². The van der Waals surface area contributed by atoms with Crippen molar-refractivity contribution in [1.82, 2.24) is 0 Å². The SMILES string of the molecule is CCOc1cccc(NC(=O)CN(c2ccc(OC)cc2OC)S(C)(=O)=O)c1.